The molecule has 0 aliphatic heterocycles. The number of hydrogen-bond acceptors (Lipinski definition) is 5. The van der Waals surface area contributed by atoms with Crippen LogP contribution in [0.2, 0.25) is 0 Å². The fourth-order valence-electron chi connectivity index (χ4n) is 2.79. The molecule has 0 aliphatic carbocycles. The van der Waals surface area contributed by atoms with E-state index in [-0.39, 0.29) is 11.6 Å². The van der Waals surface area contributed by atoms with Crippen LogP contribution in [0.15, 0.2) is 53.3 Å². The molecule has 0 spiro atoms. The van der Waals surface area contributed by atoms with Gasteiger partial charge in [0.1, 0.15) is 5.75 Å². The summed E-state index contributed by atoms with van der Waals surface area (Å²) < 4.78 is 38.2. The number of carbonyl (C=O) groups excluding carboxylic acids is 1. The number of halogens is 2. The first-order chi connectivity index (χ1) is 14.3. The van der Waals surface area contributed by atoms with Crippen molar-refractivity contribution in [3.8, 4) is 17.3 Å². The van der Waals surface area contributed by atoms with Crippen LogP contribution in [0.5, 0.6) is 11.6 Å². The Morgan fingerprint density at radius 3 is 2.33 bits per heavy atom. The summed E-state index contributed by atoms with van der Waals surface area (Å²) in [5, 5.41) is 6.71. The van der Waals surface area contributed by atoms with Crippen LogP contribution in [0.4, 0.5) is 8.78 Å². The third-order valence-corrected chi connectivity index (χ3v) is 4.43. The lowest BCUT2D eigenvalue weighted by Gasteiger charge is -2.16. The first-order valence-electron chi connectivity index (χ1n) is 8.92. The highest BCUT2D eigenvalue weighted by atomic mass is 19.2. The number of hydrogen-bond donors (Lipinski definition) is 1. The normalized spacial score (nSPS) is 11.6. The zero-order valence-electron chi connectivity index (χ0n) is 16.5. The zero-order chi connectivity index (χ0) is 21.8. The van der Waals surface area contributed by atoms with Crippen molar-refractivity contribution in [1.29, 1.82) is 0 Å². The van der Waals surface area contributed by atoms with E-state index in [1.165, 1.54) is 13.2 Å². The maximum Gasteiger partial charge on any atom is 0.276 e. The van der Waals surface area contributed by atoms with Gasteiger partial charge < -0.3 is 14.8 Å². The Bertz CT molecular complexity index is 1130. The summed E-state index contributed by atoms with van der Waals surface area (Å²) in [5.41, 5.74) is -0.215. The Hall–Kier alpha value is -3.75. The fraction of sp³-hybridized carbons (Fsp3) is 0.190. The molecule has 0 aliphatic rings. The summed E-state index contributed by atoms with van der Waals surface area (Å²) in [6.45, 7) is 1.75. The molecule has 156 valence electrons. The molecule has 2 aromatic carbocycles. The van der Waals surface area contributed by atoms with Crippen molar-refractivity contribution in [2.24, 2.45) is 0 Å². The summed E-state index contributed by atoms with van der Waals surface area (Å²) in [5.74, 6) is -2.23. The Morgan fingerprint density at radius 2 is 1.73 bits per heavy atom. The molecule has 30 heavy (non-hydrogen) atoms. The first-order valence-corrected chi connectivity index (χ1v) is 8.92. The lowest BCUT2D eigenvalue weighted by atomic mass is 10.1. The fourth-order valence-corrected chi connectivity index (χ4v) is 2.79. The van der Waals surface area contributed by atoms with Crippen LogP contribution < -0.4 is 20.2 Å². The van der Waals surface area contributed by atoms with Gasteiger partial charge in [-0.05, 0) is 36.8 Å². The van der Waals surface area contributed by atoms with Crippen molar-refractivity contribution in [2.45, 2.75) is 13.0 Å². The topological polar surface area (TPSA) is 82.4 Å². The van der Waals surface area contributed by atoms with E-state index >= 15 is 0 Å². The van der Waals surface area contributed by atoms with Crippen molar-refractivity contribution in [2.75, 3.05) is 14.2 Å². The largest absolute Gasteiger partial charge is 0.497 e. The van der Waals surface area contributed by atoms with Crippen molar-refractivity contribution in [1.82, 2.24) is 15.1 Å². The van der Waals surface area contributed by atoms with Gasteiger partial charge in [-0.1, -0.05) is 12.1 Å². The molecule has 3 aromatic rings. The number of carbonyl (C=O) groups is 1. The molecular formula is C21H19F2N3O4. The molecule has 0 saturated heterocycles. The average Bonchev–Trinajstić information content (AvgIpc) is 2.75. The number of nitrogens with zero attached hydrogens (tertiary/aromatic N) is 2. The molecule has 9 heteroatoms. The Morgan fingerprint density at radius 1 is 1.03 bits per heavy atom. The van der Waals surface area contributed by atoms with Gasteiger partial charge >= 0.3 is 0 Å². The second-order valence-electron chi connectivity index (χ2n) is 6.38. The number of ether oxygens (including phenoxy) is 2. The van der Waals surface area contributed by atoms with E-state index in [1.807, 2.05) is 0 Å². The van der Waals surface area contributed by atoms with Crippen molar-refractivity contribution >= 4 is 5.91 Å². The summed E-state index contributed by atoms with van der Waals surface area (Å²) in [6, 6.07) is 10.7. The molecule has 3 rings (SSSR count). The third-order valence-electron chi connectivity index (χ3n) is 4.43. The number of benzene rings is 2. The van der Waals surface area contributed by atoms with Gasteiger partial charge in [-0.3, -0.25) is 9.59 Å². The molecular weight excluding hydrogens is 396 g/mol. The van der Waals surface area contributed by atoms with Crippen LogP contribution in [0.3, 0.4) is 0 Å². The van der Waals surface area contributed by atoms with Gasteiger partial charge in [0.05, 0.1) is 32.0 Å². The smallest absolute Gasteiger partial charge is 0.276 e. The second-order valence-corrected chi connectivity index (χ2v) is 6.38. The average molecular weight is 415 g/mol. The van der Waals surface area contributed by atoms with E-state index in [0.29, 0.717) is 5.75 Å². The monoisotopic (exact) mass is 415 g/mol. The molecule has 1 heterocycles. The highest BCUT2D eigenvalue weighted by molar-refractivity contribution is 5.92. The minimum Gasteiger partial charge on any atom is -0.497 e. The Labute approximate surface area is 170 Å². The molecule has 1 unspecified atom stereocenters. The van der Waals surface area contributed by atoms with Gasteiger partial charge in [0.2, 0.25) is 11.3 Å². The van der Waals surface area contributed by atoms with Gasteiger partial charge in [-0.2, -0.15) is 5.10 Å². The number of aromatic nitrogens is 2. The van der Waals surface area contributed by atoms with E-state index in [1.54, 1.807) is 38.3 Å². The van der Waals surface area contributed by atoms with Crippen LogP contribution in [0.1, 0.15) is 29.0 Å². The summed E-state index contributed by atoms with van der Waals surface area (Å²) in [7, 11) is 2.84. The summed E-state index contributed by atoms with van der Waals surface area (Å²) >= 11 is 0. The quantitative estimate of drug-likeness (QED) is 0.669. The van der Waals surface area contributed by atoms with Gasteiger partial charge in [0.15, 0.2) is 17.3 Å². The van der Waals surface area contributed by atoms with Gasteiger partial charge in [-0.15, -0.1) is 0 Å². The van der Waals surface area contributed by atoms with Gasteiger partial charge in [0.25, 0.3) is 5.91 Å². The second kappa shape index (κ2) is 8.73. The molecule has 1 amide bonds. The predicted molar refractivity (Wildman–Crippen MR) is 105 cm³/mol. The Balaban J connectivity index is 1.93. The van der Waals surface area contributed by atoms with Crippen molar-refractivity contribution in [3.05, 3.63) is 81.6 Å². The molecule has 7 nitrogen and oxygen atoms in total. The number of rotatable bonds is 6. The molecule has 1 aromatic heterocycles. The van der Waals surface area contributed by atoms with E-state index in [2.05, 4.69) is 10.4 Å². The first kappa shape index (κ1) is 21.0. The van der Waals surface area contributed by atoms with Crippen LogP contribution in [-0.4, -0.2) is 29.9 Å². The van der Waals surface area contributed by atoms with E-state index in [0.717, 1.165) is 28.4 Å². The molecule has 1 N–H and O–H groups in total. The molecule has 1 atom stereocenters. The summed E-state index contributed by atoms with van der Waals surface area (Å²) in [6.07, 6.45) is 0. The highest BCUT2D eigenvalue weighted by Gasteiger charge is 2.20. The van der Waals surface area contributed by atoms with E-state index < -0.39 is 34.7 Å². The Kier molecular flexibility index (Phi) is 6.10. The van der Waals surface area contributed by atoms with Gasteiger partial charge in [0, 0.05) is 6.07 Å². The number of nitrogens with one attached hydrogen (secondary N) is 1. The standard InChI is InChI=1S/C21H19F2N3O4/c1-12(13-4-7-15(29-2)8-5-13)24-21(28)20-18(27)11-19(30-3)26(25-20)14-6-9-16(22)17(23)10-14/h4-12H,1-3H3,(H,24,28). The molecule has 0 bridgehead atoms. The van der Waals surface area contributed by atoms with Crippen molar-refractivity contribution in [3.63, 3.8) is 0 Å². The number of amides is 1. The van der Waals surface area contributed by atoms with Crippen LogP contribution in [-0.2, 0) is 0 Å². The van der Waals surface area contributed by atoms with Gasteiger partial charge in [-0.25, -0.2) is 13.5 Å². The SMILES string of the molecule is COc1ccc(C(C)NC(=O)c2nn(-c3ccc(F)c(F)c3)c(OC)cc2=O)cc1. The lowest BCUT2D eigenvalue weighted by molar-refractivity contribution is 0.0931. The minimum atomic E-state index is -1.10. The highest BCUT2D eigenvalue weighted by Crippen LogP contribution is 2.19. The third kappa shape index (κ3) is 4.29. The number of methoxy groups -OCH3 is 2. The molecule has 0 saturated carbocycles. The van der Waals surface area contributed by atoms with Crippen molar-refractivity contribution < 1.29 is 23.0 Å². The van der Waals surface area contributed by atoms with E-state index in [4.69, 9.17) is 9.47 Å². The molecule has 0 fully saturated rings. The maximum absolute atomic E-state index is 13.6. The van der Waals surface area contributed by atoms with E-state index in [9.17, 15) is 18.4 Å². The zero-order valence-corrected chi connectivity index (χ0v) is 16.5. The predicted octanol–water partition coefficient (Wildman–Crippen LogP) is 3.02. The maximum atomic E-state index is 13.6. The molecule has 0 radical (unpaired) electrons. The lowest BCUT2D eigenvalue weighted by Crippen LogP contribution is -2.33. The minimum absolute atomic E-state index is 0.0363. The summed E-state index contributed by atoms with van der Waals surface area (Å²) in [4.78, 5) is 25.1. The van der Waals surface area contributed by atoms with Crippen LogP contribution in [0, 0.1) is 11.6 Å². The van der Waals surface area contributed by atoms with Crippen LogP contribution in [0.25, 0.3) is 5.69 Å². The van der Waals surface area contributed by atoms with Crippen LogP contribution >= 0.6 is 0 Å².